The number of nitrogens with zero attached hydrogens (tertiary/aromatic N) is 2. The minimum absolute atomic E-state index is 0.301. The highest BCUT2D eigenvalue weighted by molar-refractivity contribution is 5.71. The zero-order chi connectivity index (χ0) is 23.1. The van der Waals surface area contributed by atoms with Crippen molar-refractivity contribution in [2.75, 3.05) is 11.5 Å². The molecule has 0 aliphatic carbocycles. The number of nitrogens with two attached hydrogens (primary N) is 2. The molecule has 2 aromatic heterocycles. The smallest absolute Gasteiger partial charge is 0.170 e. The van der Waals surface area contributed by atoms with E-state index in [0.29, 0.717) is 41.9 Å². The molecule has 0 bridgehead atoms. The first kappa shape index (κ1) is 22.9. The molecule has 0 saturated carbocycles. The monoisotopic (exact) mass is 430 g/mol. The van der Waals surface area contributed by atoms with Crippen LogP contribution in [0.4, 0.5) is 11.6 Å². The van der Waals surface area contributed by atoms with E-state index in [1.165, 1.54) is 0 Å². The Morgan fingerprint density at radius 1 is 1.09 bits per heavy atom. The number of nitrogen functional groups attached to an aromatic ring is 2. The fourth-order valence-electron chi connectivity index (χ4n) is 3.04. The summed E-state index contributed by atoms with van der Waals surface area (Å²) < 4.78 is 11.5. The largest absolute Gasteiger partial charge is 0.493 e. The number of rotatable bonds is 9. The molecule has 0 atom stereocenters. The molecular formula is C26H30N4O2. The minimum atomic E-state index is 0.301. The van der Waals surface area contributed by atoms with Crippen LogP contribution < -0.4 is 11.5 Å². The van der Waals surface area contributed by atoms with Gasteiger partial charge in [0.1, 0.15) is 18.2 Å². The van der Waals surface area contributed by atoms with Crippen LogP contribution in [-0.4, -0.2) is 10.1 Å². The Balaban J connectivity index is 1.63. The van der Waals surface area contributed by atoms with Crippen molar-refractivity contribution in [2.45, 2.75) is 33.8 Å². The van der Waals surface area contributed by atoms with Gasteiger partial charge in [-0.1, -0.05) is 67.6 Å². The van der Waals surface area contributed by atoms with Gasteiger partial charge in [0.15, 0.2) is 5.76 Å². The maximum Gasteiger partial charge on any atom is 0.170 e. The molecule has 6 heteroatoms. The highest BCUT2D eigenvalue weighted by atomic mass is 16.5. The molecule has 0 radical (unpaired) electrons. The van der Waals surface area contributed by atoms with Crippen molar-refractivity contribution in [2.24, 2.45) is 5.92 Å². The molecule has 1 aromatic carbocycles. The zero-order valence-electron chi connectivity index (χ0n) is 18.8. The molecule has 0 unspecified atom stereocenters. The third kappa shape index (κ3) is 6.11. The van der Waals surface area contributed by atoms with Gasteiger partial charge in [0.2, 0.25) is 0 Å². The number of allylic oxidation sites excluding steroid dienone is 5. The molecule has 3 rings (SSSR count). The van der Waals surface area contributed by atoms with E-state index < -0.39 is 0 Å². The highest BCUT2D eigenvalue weighted by Gasteiger charge is 2.12. The first-order valence-corrected chi connectivity index (χ1v) is 10.5. The van der Waals surface area contributed by atoms with Crippen molar-refractivity contribution in [1.29, 1.82) is 0 Å². The summed E-state index contributed by atoms with van der Waals surface area (Å²) in [5.41, 5.74) is 16.4. The van der Waals surface area contributed by atoms with E-state index in [-0.39, 0.29) is 0 Å². The van der Waals surface area contributed by atoms with Gasteiger partial charge < -0.3 is 20.7 Å². The van der Waals surface area contributed by atoms with Crippen LogP contribution in [0.1, 0.15) is 37.6 Å². The van der Waals surface area contributed by atoms with E-state index in [4.69, 9.17) is 20.7 Å². The Bertz CT molecular complexity index is 1120. The van der Waals surface area contributed by atoms with Gasteiger partial charge in [0.25, 0.3) is 0 Å². The number of ether oxygens (including phenoxy) is 1. The average Bonchev–Trinajstić information content (AvgIpc) is 3.22. The Morgan fingerprint density at radius 3 is 2.47 bits per heavy atom. The van der Waals surface area contributed by atoms with Crippen LogP contribution in [0, 0.1) is 5.92 Å². The number of benzene rings is 1. The minimum Gasteiger partial charge on any atom is -0.493 e. The molecule has 0 fully saturated rings. The van der Waals surface area contributed by atoms with Gasteiger partial charge in [-0.05, 0) is 36.3 Å². The molecule has 4 N–H and O–H groups in total. The highest BCUT2D eigenvalue weighted by Crippen LogP contribution is 2.26. The summed E-state index contributed by atoms with van der Waals surface area (Å²) in [7, 11) is 0. The number of anilines is 2. The first-order valence-electron chi connectivity index (χ1n) is 10.5. The van der Waals surface area contributed by atoms with Crippen LogP contribution in [0.15, 0.2) is 83.1 Å². The van der Waals surface area contributed by atoms with Gasteiger partial charge in [-0.15, -0.1) is 0 Å². The second-order valence-corrected chi connectivity index (χ2v) is 7.97. The second kappa shape index (κ2) is 10.5. The molecule has 0 aliphatic heterocycles. The SMILES string of the molecule is C=C/C(C)=C\C=C(\OCc1ccc(Cc2cc(-c3ccc(N)nc3N)on2)cc1)C(C)C. The number of hydrogen-bond acceptors (Lipinski definition) is 6. The Hall–Kier alpha value is -3.80. The van der Waals surface area contributed by atoms with Gasteiger partial charge in [0.05, 0.1) is 17.0 Å². The van der Waals surface area contributed by atoms with Crippen LogP contribution in [0.5, 0.6) is 0 Å². The topological polar surface area (TPSA) is 100 Å². The standard InChI is InChI=1S/C26H30N4O2/c1-5-18(4)6-12-23(17(2)3)31-16-20-9-7-19(8-10-20)14-21-15-24(32-30-21)22-11-13-25(27)29-26(22)28/h5-13,15,17H,1,14,16H2,2-4H3,(H4,27,28,29)/b18-6-,23-12+. The van der Waals surface area contributed by atoms with Crippen molar-refractivity contribution < 1.29 is 9.26 Å². The molecule has 0 aliphatic rings. The lowest BCUT2D eigenvalue weighted by Gasteiger charge is -2.13. The van der Waals surface area contributed by atoms with Gasteiger partial charge in [0, 0.05) is 18.4 Å². The van der Waals surface area contributed by atoms with Crippen molar-refractivity contribution >= 4 is 11.6 Å². The summed E-state index contributed by atoms with van der Waals surface area (Å²) in [6.07, 6.45) is 6.51. The summed E-state index contributed by atoms with van der Waals surface area (Å²) in [6, 6.07) is 13.6. The Labute approximate surface area is 189 Å². The third-order valence-corrected chi connectivity index (χ3v) is 4.99. The van der Waals surface area contributed by atoms with Gasteiger partial charge in [-0.25, -0.2) is 4.98 Å². The normalized spacial score (nSPS) is 12.2. The van der Waals surface area contributed by atoms with Crippen LogP contribution in [0.25, 0.3) is 11.3 Å². The van der Waals surface area contributed by atoms with E-state index in [2.05, 4.69) is 54.8 Å². The molecule has 32 heavy (non-hydrogen) atoms. The molecule has 0 saturated heterocycles. The summed E-state index contributed by atoms with van der Waals surface area (Å²) in [4.78, 5) is 4.06. The van der Waals surface area contributed by atoms with Crippen molar-refractivity contribution in [3.8, 4) is 11.3 Å². The third-order valence-electron chi connectivity index (χ3n) is 4.99. The van der Waals surface area contributed by atoms with Gasteiger partial charge in [-0.2, -0.15) is 0 Å². The molecule has 6 nitrogen and oxygen atoms in total. The van der Waals surface area contributed by atoms with Crippen molar-refractivity contribution in [3.05, 3.63) is 95.4 Å². The summed E-state index contributed by atoms with van der Waals surface area (Å²) in [5, 5.41) is 4.16. The Morgan fingerprint density at radius 2 is 1.81 bits per heavy atom. The predicted octanol–water partition coefficient (Wildman–Crippen LogP) is 5.68. The quantitative estimate of drug-likeness (QED) is 0.334. The first-order chi connectivity index (χ1) is 15.4. The number of aromatic nitrogens is 2. The predicted molar refractivity (Wildman–Crippen MR) is 129 cm³/mol. The Kier molecular flexibility index (Phi) is 7.49. The maximum absolute atomic E-state index is 6.04. The van der Waals surface area contributed by atoms with E-state index in [1.807, 2.05) is 31.2 Å². The van der Waals surface area contributed by atoms with Gasteiger partial charge >= 0.3 is 0 Å². The van der Waals surface area contributed by atoms with E-state index >= 15 is 0 Å². The van der Waals surface area contributed by atoms with Crippen LogP contribution in [-0.2, 0) is 17.8 Å². The van der Waals surface area contributed by atoms with Crippen LogP contribution in [0.2, 0.25) is 0 Å². The maximum atomic E-state index is 6.04. The fourth-order valence-corrected chi connectivity index (χ4v) is 3.04. The molecule has 0 spiro atoms. The van der Waals surface area contributed by atoms with Crippen molar-refractivity contribution in [3.63, 3.8) is 0 Å². The lowest BCUT2D eigenvalue weighted by atomic mass is 10.1. The summed E-state index contributed by atoms with van der Waals surface area (Å²) >= 11 is 0. The van der Waals surface area contributed by atoms with E-state index in [1.54, 1.807) is 12.1 Å². The molecular weight excluding hydrogens is 400 g/mol. The summed E-state index contributed by atoms with van der Waals surface area (Å²) in [5.74, 6) is 2.51. The average molecular weight is 431 g/mol. The second-order valence-electron chi connectivity index (χ2n) is 7.97. The van der Waals surface area contributed by atoms with Gasteiger partial charge in [-0.3, -0.25) is 0 Å². The fraction of sp³-hybridized carbons (Fsp3) is 0.231. The van der Waals surface area contributed by atoms with E-state index in [0.717, 1.165) is 28.2 Å². The van der Waals surface area contributed by atoms with Crippen LogP contribution in [0.3, 0.4) is 0 Å². The zero-order valence-corrected chi connectivity index (χ0v) is 18.8. The summed E-state index contributed by atoms with van der Waals surface area (Å²) in [6.45, 7) is 10.5. The lowest BCUT2D eigenvalue weighted by molar-refractivity contribution is 0.172. The van der Waals surface area contributed by atoms with Crippen LogP contribution >= 0.6 is 0 Å². The van der Waals surface area contributed by atoms with Crippen molar-refractivity contribution in [1.82, 2.24) is 10.1 Å². The molecule has 166 valence electrons. The lowest BCUT2D eigenvalue weighted by Crippen LogP contribution is -2.00. The number of pyridine rings is 1. The molecule has 2 heterocycles. The number of hydrogen-bond donors (Lipinski definition) is 2. The molecule has 0 amide bonds. The molecule has 3 aromatic rings. The van der Waals surface area contributed by atoms with E-state index in [9.17, 15) is 0 Å².